The standard InChI is InChI=1S/C17H27N5O/c1-11-8-22(9-12(2)23-11)17(5,6)10-19-16-15(7-18)13(3)14(4)20-21-16/h11-12H,8-10H2,1-6H3,(H,19,21)/t11-,12-/m0/s1. The molecule has 0 bridgehead atoms. The Morgan fingerprint density at radius 1 is 1.26 bits per heavy atom. The first-order valence-electron chi connectivity index (χ1n) is 8.13. The van der Waals surface area contributed by atoms with Crippen LogP contribution in [0, 0.1) is 25.2 Å². The number of aryl methyl sites for hydroxylation is 1. The van der Waals surface area contributed by atoms with Crippen LogP contribution in [-0.2, 0) is 4.74 Å². The minimum absolute atomic E-state index is 0.0699. The van der Waals surface area contributed by atoms with Gasteiger partial charge in [0.2, 0.25) is 0 Å². The van der Waals surface area contributed by atoms with E-state index in [4.69, 9.17) is 4.74 Å². The second-order valence-electron chi connectivity index (χ2n) is 7.07. The van der Waals surface area contributed by atoms with Gasteiger partial charge in [0.05, 0.1) is 17.9 Å². The van der Waals surface area contributed by atoms with Crippen molar-refractivity contribution < 1.29 is 4.74 Å². The number of hydrogen-bond donors (Lipinski definition) is 1. The number of morpholine rings is 1. The van der Waals surface area contributed by atoms with Gasteiger partial charge in [-0.25, -0.2) is 0 Å². The van der Waals surface area contributed by atoms with E-state index in [1.165, 1.54) is 0 Å². The average molecular weight is 317 g/mol. The van der Waals surface area contributed by atoms with Gasteiger partial charge in [0.25, 0.3) is 0 Å². The molecule has 0 amide bonds. The molecule has 0 aromatic carbocycles. The normalized spacial score (nSPS) is 22.7. The highest BCUT2D eigenvalue weighted by Crippen LogP contribution is 2.23. The van der Waals surface area contributed by atoms with Crippen LogP contribution in [0.5, 0.6) is 0 Å². The number of hydrogen-bond acceptors (Lipinski definition) is 6. The van der Waals surface area contributed by atoms with Crippen LogP contribution in [0.25, 0.3) is 0 Å². The van der Waals surface area contributed by atoms with E-state index in [0.717, 1.165) is 24.3 Å². The highest BCUT2D eigenvalue weighted by Gasteiger charge is 2.33. The maximum atomic E-state index is 9.39. The van der Waals surface area contributed by atoms with E-state index < -0.39 is 0 Å². The molecule has 2 rings (SSSR count). The Labute approximate surface area is 138 Å². The molecule has 0 saturated carbocycles. The van der Waals surface area contributed by atoms with Gasteiger partial charge in [0, 0.05) is 25.2 Å². The summed E-state index contributed by atoms with van der Waals surface area (Å²) in [5.41, 5.74) is 2.19. The fraction of sp³-hybridized carbons (Fsp3) is 0.706. The van der Waals surface area contributed by atoms with Gasteiger partial charge in [0.1, 0.15) is 11.6 Å². The van der Waals surface area contributed by atoms with Crippen molar-refractivity contribution in [1.82, 2.24) is 15.1 Å². The highest BCUT2D eigenvalue weighted by molar-refractivity contribution is 5.55. The summed E-state index contributed by atoms with van der Waals surface area (Å²) in [5, 5.41) is 21.0. The molecule has 0 unspecified atom stereocenters. The molecule has 23 heavy (non-hydrogen) atoms. The van der Waals surface area contributed by atoms with E-state index in [1.54, 1.807) is 0 Å². The first-order chi connectivity index (χ1) is 10.7. The van der Waals surface area contributed by atoms with Gasteiger partial charge in [-0.2, -0.15) is 10.4 Å². The first-order valence-corrected chi connectivity index (χ1v) is 8.13. The van der Waals surface area contributed by atoms with Crippen LogP contribution in [0.2, 0.25) is 0 Å². The number of nitrogens with zero attached hydrogens (tertiary/aromatic N) is 4. The Bertz CT molecular complexity index is 598. The van der Waals surface area contributed by atoms with Crippen LogP contribution >= 0.6 is 0 Å². The summed E-state index contributed by atoms with van der Waals surface area (Å²) in [7, 11) is 0. The number of nitrogens with one attached hydrogen (secondary N) is 1. The summed E-state index contributed by atoms with van der Waals surface area (Å²) in [6, 6.07) is 2.24. The fourth-order valence-corrected chi connectivity index (χ4v) is 2.95. The summed E-state index contributed by atoms with van der Waals surface area (Å²) < 4.78 is 5.81. The predicted octanol–water partition coefficient (Wildman–Crippen LogP) is 2.26. The van der Waals surface area contributed by atoms with Crippen molar-refractivity contribution in [2.45, 2.75) is 59.3 Å². The number of aromatic nitrogens is 2. The summed E-state index contributed by atoms with van der Waals surface area (Å²) in [6.45, 7) is 14.9. The van der Waals surface area contributed by atoms with E-state index in [-0.39, 0.29) is 17.7 Å². The van der Waals surface area contributed by atoms with Gasteiger partial charge in [-0.1, -0.05) is 0 Å². The molecule has 1 aliphatic rings. The Morgan fingerprint density at radius 3 is 2.43 bits per heavy atom. The molecule has 0 aliphatic carbocycles. The maximum Gasteiger partial charge on any atom is 0.166 e. The van der Waals surface area contributed by atoms with E-state index in [1.807, 2.05) is 13.8 Å². The summed E-state index contributed by atoms with van der Waals surface area (Å²) in [4.78, 5) is 2.43. The third-order valence-corrected chi connectivity index (χ3v) is 4.53. The molecule has 1 saturated heterocycles. The number of nitriles is 1. The minimum Gasteiger partial charge on any atom is -0.373 e. The van der Waals surface area contributed by atoms with Gasteiger partial charge >= 0.3 is 0 Å². The van der Waals surface area contributed by atoms with Gasteiger partial charge in [0.15, 0.2) is 5.82 Å². The summed E-state index contributed by atoms with van der Waals surface area (Å²) in [5.74, 6) is 0.568. The van der Waals surface area contributed by atoms with Crippen molar-refractivity contribution in [2.24, 2.45) is 0 Å². The molecule has 2 heterocycles. The van der Waals surface area contributed by atoms with Gasteiger partial charge in [-0.15, -0.1) is 5.10 Å². The molecular formula is C17H27N5O. The fourth-order valence-electron chi connectivity index (χ4n) is 2.95. The molecule has 2 atom stereocenters. The van der Waals surface area contributed by atoms with Crippen molar-refractivity contribution in [3.8, 4) is 6.07 Å². The van der Waals surface area contributed by atoms with Crippen LogP contribution in [0.1, 0.15) is 44.5 Å². The molecule has 0 spiro atoms. The topological polar surface area (TPSA) is 74.1 Å². The second kappa shape index (κ2) is 6.81. The molecule has 6 nitrogen and oxygen atoms in total. The van der Waals surface area contributed by atoms with E-state index >= 15 is 0 Å². The van der Waals surface area contributed by atoms with Crippen molar-refractivity contribution in [1.29, 1.82) is 5.26 Å². The van der Waals surface area contributed by atoms with Gasteiger partial charge < -0.3 is 10.1 Å². The molecule has 1 aromatic rings. The molecule has 6 heteroatoms. The van der Waals surface area contributed by atoms with Crippen molar-refractivity contribution in [2.75, 3.05) is 25.0 Å². The number of ether oxygens (including phenoxy) is 1. The Morgan fingerprint density at radius 2 is 1.87 bits per heavy atom. The lowest BCUT2D eigenvalue weighted by molar-refractivity contribution is -0.0933. The lowest BCUT2D eigenvalue weighted by atomic mass is 10.00. The molecule has 1 aromatic heterocycles. The zero-order chi connectivity index (χ0) is 17.2. The van der Waals surface area contributed by atoms with Crippen LogP contribution < -0.4 is 5.32 Å². The van der Waals surface area contributed by atoms with Crippen LogP contribution in [0.4, 0.5) is 5.82 Å². The lowest BCUT2D eigenvalue weighted by Crippen LogP contribution is -2.57. The van der Waals surface area contributed by atoms with Crippen molar-refractivity contribution in [3.05, 3.63) is 16.8 Å². The average Bonchev–Trinajstić information content (AvgIpc) is 2.47. The SMILES string of the molecule is Cc1nnc(NCC(C)(C)N2C[C@H](C)O[C@@H](C)C2)c(C#N)c1C. The first kappa shape index (κ1) is 17.6. The third kappa shape index (κ3) is 3.98. The summed E-state index contributed by atoms with van der Waals surface area (Å²) in [6.07, 6.45) is 0.461. The van der Waals surface area contributed by atoms with E-state index in [9.17, 15) is 5.26 Å². The quantitative estimate of drug-likeness (QED) is 0.918. The highest BCUT2D eigenvalue weighted by atomic mass is 16.5. The second-order valence-corrected chi connectivity index (χ2v) is 7.07. The predicted molar refractivity (Wildman–Crippen MR) is 90.4 cm³/mol. The van der Waals surface area contributed by atoms with Gasteiger partial charge in [-0.05, 0) is 47.1 Å². The third-order valence-electron chi connectivity index (χ3n) is 4.53. The molecule has 0 radical (unpaired) electrons. The monoisotopic (exact) mass is 317 g/mol. The van der Waals surface area contributed by atoms with Crippen molar-refractivity contribution >= 4 is 5.82 Å². The molecule has 126 valence electrons. The smallest absolute Gasteiger partial charge is 0.166 e. The van der Waals surface area contributed by atoms with Crippen LogP contribution in [-0.4, -0.2) is 52.5 Å². The Balaban J connectivity index is 2.11. The van der Waals surface area contributed by atoms with E-state index in [2.05, 4.69) is 54.2 Å². The number of rotatable bonds is 4. The molecule has 1 N–H and O–H groups in total. The Kier molecular flexibility index (Phi) is 5.23. The Hall–Kier alpha value is -1.71. The summed E-state index contributed by atoms with van der Waals surface area (Å²) >= 11 is 0. The molecule has 1 aliphatic heterocycles. The number of anilines is 1. The molecular weight excluding hydrogens is 290 g/mol. The van der Waals surface area contributed by atoms with Gasteiger partial charge in [-0.3, -0.25) is 4.90 Å². The van der Waals surface area contributed by atoms with Crippen LogP contribution in [0.3, 0.4) is 0 Å². The minimum atomic E-state index is -0.0699. The van der Waals surface area contributed by atoms with Crippen molar-refractivity contribution in [3.63, 3.8) is 0 Å². The molecule has 1 fully saturated rings. The maximum absolute atomic E-state index is 9.39. The van der Waals surface area contributed by atoms with E-state index in [0.29, 0.717) is 17.9 Å². The lowest BCUT2D eigenvalue weighted by Gasteiger charge is -2.45. The van der Waals surface area contributed by atoms with Crippen LogP contribution in [0.15, 0.2) is 0 Å². The zero-order valence-corrected chi connectivity index (χ0v) is 15.0. The largest absolute Gasteiger partial charge is 0.373 e. The zero-order valence-electron chi connectivity index (χ0n) is 15.0.